The van der Waals surface area contributed by atoms with Crippen LogP contribution < -0.4 is 5.32 Å². The molecule has 0 aliphatic heterocycles. The van der Waals surface area contributed by atoms with Crippen LogP contribution in [0.3, 0.4) is 0 Å². The predicted molar refractivity (Wildman–Crippen MR) is 79.5 cm³/mol. The molecular weight excluding hydrogens is 328 g/mol. The SMILES string of the molecule is Clc1ncc(NCc2cnn3ccccc23)cc1Br. The number of pyridine rings is 2. The van der Waals surface area contributed by atoms with E-state index in [0.717, 1.165) is 21.2 Å². The molecule has 0 aliphatic carbocycles. The van der Waals surface area contributed by atoms with Crippen molar-refractivity contribution in [1.82, 2.24) is 14.6 Å². The van der Waals surface area contributed by atoms with Crippen LogP contribution in [0, 0.1) is 0 Å². The number of nitrogens with one attached hydrogen (secondary N) is 1. The summed E-state index contributed by atoms with van der Waals surface area (Å²) >= 11 is 9.21. The molecule has 0 atom stereocenters. The molecule has 19 heavy (non-hydrogen) atoms. The molecule has 0 radical (unpaired) electrons. The van der Waals surface area contributed by atoms with Gasteiger partial charge in [0.05, 0.1) is 28.1 Å². The summed E-state index contributed by atoms with van der Waals surface area (Å²) in [6.45, 7) is 0.684. The number of rotatable bonds is 3. The van der Waals surface area contributed by atoms with Crippen molar-refractivity contribution in [3.63, 3.8) is 0 Å². The van der Waals surface area contributed by atoms with E-state index < -0.39 is 0 Å². The van der Waals surface area contributed by atoms with Gasteiger partial charge in [0.2, 0.25) is 0 Å². The molecule has 0 bridgehead atoms. The number of anilines is 1. The van der Waals surface area contributed by atoms with Gasteiger partial charge < -0.3 is 5.32 Å². The minimum Gasteiger partial charge on any atom is -0.380 e. The van der Waals surface area contributed by atoms with Crippen LogP contribution in [0.1, 0.15) is 5.56 Å². The second-order valence-electron chi connectivity index (χ2n) is 4.05. The summed E-state index contributed by atoms with van der Waals surface area (Å²) in [5.74, 6) is 0. The van der Waals surface area contributed by atoms with Crippen molar-refractivity contribution in [2.75, 3.05) is 5.32 Å². The van der Waals surface area contributed by atoms with Crippen molar-refractivity contribution in [3.8, 4) is 0 Å². The molecule has 4 nitrogen and oxygen atoms in total. The van der Waals surface area contributed by atoms with Gasteiger partial charge in [-0.2, -0.15) is 5.10 Å². The van der Waals surface area contributed by atoms with Crippen LogP contribution in [0.4, 0.5) is 5.69 Å². The van der Waals surface area contributed by atoms with E-state index in [1.54, 1.807) is 6.20 Å². The smallest absolute Gasteiger partial charge is 0.143 e. The lowest BCUT2D eigenvalue weighted by Crippen LogP contribution is -1.99. The van der Waals surface area contributed by atoms with E-state index in [9.17, 15) is 0 Å². The molecular formula is C13H10BrClN4. The number of halogens is 2. The van der Waals surface area contributed by atoms with E-state index in [-0.39, 0.29) is 0 Å². The van der Waals surface area contributed by atoms with Gasteiger partial charge >= 0.3 is 0 Å². The maximum absolute atomic E-state index is 5.86. The second-order valence-corrected chi connectivity index (χ2v) is 5.26. The van der Waals surface area contributed by atoms with Gasteiger partial charge in [-0.15, -0.1) is 0 Å². The average molecular weight is 338 g/mol. The Bertz CT molecular complexity index is 725. The summed E-state index contributed by atoms with van der Waals surface area (Å²) in [4.78, 5) is 4.08. The molecule has 3 aromatic heterocycles. The first-order valence-electron chi connectivity index (χ1n) is 5.70. The first-order valence-corrected chi connectivity index (χ1v) is 6.87. The third kappa shape index (κ3) is 2.57. The van der Waals surface area contributed by atoms with E-state index in [2.05, 4.69) is 31.3 Å². The fraction of sp³-hybridized carbons (Fsp3) is 0.0769. The van der Waals surface area contributed by atoms with Gasteiger partial charge in [-0.3, -0.25) is 0 Å². The van der Waals surface area contributed by atoms with Crippen molar-refractivity contribution in [2.45, 2.75) is 6.54 Å². The lowest BCUT2D eigenvalue weighted by Gasteiger charge is -2.06. The fourth-order valence-corrected chi connectivity index (χ4v) is 2.29. The fourth-order valence-electron chi connectivity index (χ4n) is 1.84. The molecule has 0 aliphatic rings. The summed E-state index contributed by atoms with van der Waals surface area (Å²) in [7, 11) is 0. The van der Waals surface area contributed by atoms with E-state index >= 15 is 0 Å². The van der Waals surface area contributed by atoms with Gasteiger partial charge in [0, 0.05) is 18.3 Å². The van der Waals surface area contributed by atoms with E-state index in [0.29, 0.717) is 11.7 Å². The molecule has 6 heteroatoms. The Morgan fingerprint density at radius 3 is 3.05 bits per heavy atom. The number of fused-ring (bicyclic) bond motifs is 1. The first kappa shape index (κ1) is 12.4. The summed E-state index contributed by atoms with van der Waals surface area (Å²) in [6, 6.07) is 7.90. The van der Waals surface area contributed by atoms with E-state index in [1.165, 1.54) is 0 Å². The Morgan fingerprint density at radius 2 is 2.21 bits per heavy atom. The highest BCUT2D eigenvalue weighted by Gasteiger charge is 2.04. The van der Waals surface area contributed by atoms with Crippen molar-refractivity contribution < 1.29 is 0 Å². The number of hydrogen-bond donors (Lipinski definition) is 1. The highest BCUT2D eigenvalue weighted by molar-refractivity contribution is 9.10. The van der Waals surface area contributed by atoms with Gasteiger partial charge in [-0.05, 0) is 34.1 Å². The highest BCUT2D eigenvalue weighted by Crippen LogP contribution is 2.23. The maximum atomic E-state index is 5.86. The summed E-state index contributed by atoms with van der Waals surface area (Å²) in [5.41, 5.74) is 3.13. The molecule has 0 saturated heterocycles. The standard InChI is InChI=1S/C13H10BrClN4/c14-11-5-10(8-17-13(11)15)16-6-9-7-18-19-4-2-1-3-12(9)19/h1-5,7-8,16H,6H2. The zero-order valence-electron chi connectivity index (χ0n) is 9.85. The molecule has 0 spiro atoms. The van der Waals surface area contributed by atoms with Crippen LogP contribution in [-0.4, -0.2) is 14.6 Å². The molecule has 0 aromatic carbocycles. The maximum Gasteiger partial charge on any atom is 0.143 e. The first-order chi connectivity index (χ1) is 9.24. The van der Waals surface area contributed by atoms with Crippen LogP contribution in [0.15, 0.2) is 47.3 Å². The molecule has 0 amide bonds. The predicted octanol–water partition coefficient (Wildman–Crippen LogP) is 3.76. The molecule has 0 unspecified atom stereocenters. The second kappa shape index (κ2) is 5.19. The Hall–Kier alpha value is -1.59. The summed E-state index contributed by atoms with van der Waals surface area (Å²) < 4.78 is 2.63. The van der Waals surface area contributed by atoms with Crippen LogP contribution in [0.25, 0.3) is 5.52 Å². The van der Waals surface area contributed by atoms with Crippen molar-refractivity contribution in [3.05, 3.63) is 58.0 Å². The quantitative estimate of drug-likeness (QED) is 0.740. The van der Waals surface area contributed by atoms with Crippen LogP contribution in [0.2, 0.25) is 5.15 Å². The Balaban J connectivity index is 1.80. The topological polar surface area (TPSA) is 42.2 Å². The number of aromatic nitrogens is 3. The number of hydrogen-bond acceptors (Lipinski definition) is 3. The molecule has 3 aromatic rings. The third-order valence-electron chi connectivity index (χ3n) is 2.79. The van der Waals surface area contributed by atoms with Gasteiger partial charge in [0.15, 0.2) is 0 Å². The van der Waals surface area contributed by atoms with Crippen molar-refractivity contribution in [1.29, 1.82) is 0 Å². The van der Waals surface area contributed by atoms with E-state index in [4.69, 9.17) is 11.6 Å². The summed E-state index contributed by atoms with van der Waals surface area (Å²) in [6.07, 6.45) is 5.50. The lowest BCUT2D eigenvalue weighted by molar-refractivity contribution is 0.961. The molecule has 96 valence electrons. The molecule has 3 rings (SSSR count). The van der Waals surface area contributed by atoms with Gasteiger partial charge in [-0.25, -0.2) is 9.50 Å². The summed E-state index contributed by atoms with van der Waals surface area (Å²) in [5, 5.41) is 8.06. The zero-order valence-corrected chi connectivity index (χ0v) is 12.2. The lowest BCUT2D eigenvalue weighted by atomic mass is 10.2. The Labute approximate surface area is 123 Å². The van der Waals surface area contributed by atoms with Crippen LogP contribution in [0.5, 0.6) is 0 Å². The molecule has 1 N–H and O–H groups in total. The normalized spacial score (nSPS) is 10.8. The monoisotopic (exact) mass is 336 g/mol. The number of nitrogens with zero attached hydrogens (tertiary/aromatic N) is 3. The third-order valence-corrected chi connectivity index (χ3v) is 3.92. The minimum absolute atomic E-state index is 0.460. The zero-order chi connectivity index (χ0) is 13.2. The highest BCUT2D eigenvalue weighted by atomic mass is 79.9. The molecule has 0 saturated carbocycles. The Kier molecular flexibility index (Phi) is 3.40. The minimum atomic E-state index is 0.460. The van der Waals surface area contributed by atoms with Gasteiger partial charge in [0.25, 0.3) is 0 Å². The largest absolute Gasteiger partial charge is 0.380 e. The van der Waals surface area contributed by atoms with Crippen molar-refractivity contribution >= 4 is 38.7 Å². The van der Waals surface area contributed by atoms with Crippen LogP contribution in [-0.2, 0) is 6.54 Å². The van der Waals surface area contributed by atoms with Crippen LogP contribution >= 0.6 is 27.5 Å². The average Bonchev–Trinajstić information content (AvgIpc) is 2.83. The van der Waals surface area contributed by atoms with Crippen molar-refractivity contribution in [2.24, 2.45) is 0 Å². The van der Waals surface area contributed by atoms with Gasteiger partial charge in [0.1, 0.15) is 5.15 Å². The molecule has 3 heterocycles. The Morgan fingerprint density at radius 1 is 1.32 bits per heavy atom. The van der Waals surface area contributed by atoms with Gasteiger partial charge in [-0.1, -0.05) is 17.7 Å². The van der Waals surface area contributed by atoms with E-state index in [1.807, 2.05) is 41.2 Å². The molecule has 0 fully saturated rings.